The van der Waals surface area contributed by atoms with Gasteiger partial charge in [0.1, 0.15) is 19.6 Å². The van der Waals surface area contributed by atoms with Crippen molar-refractivity contribution in [3.8, 4) is 0 Å². The summed E-state index contributed by atoms with van der Waals surface area (Å²) in [6.07, 6.45) is 1.65. The Morgan fingerprint density at radius 3 is 2.48 bits per heavy atom. The fourth-order valence-corrected chi connectivity index (χ4v) is 2.78. The number of nitrogens with zero attached hydrogens (tertiary/aromatic N) is 1. The highest BCUT2D eigenvalue weighted by atomic mass is 16.5. The third kappa shape index (κ3) is 5.24. The molecule has 0 unspecified atom stereocenters. The van der Waals surface area contributed by atoms with Crippen molar-refractivity contribution >= 4 is 12.1 Å². The molecule has 0 saturated carbocycles. The quantitative estimate of drug-likeness (QED) is 0.635. The van der Waals surface area contributed by atoms with E-state index in [9.17, 15) is 4.79 Å². The molecule has 1 aliphatic rings. The van der Waals surface area contributed by atoms with Crippen LogP contribution in [-0.4, -0.2) is 38.4 Å². The van der Waals surface area contributed by atoms with Crippen LogP contribution in [0.25, 0.3) is 0 Å². The van der Waals surface area contributed by atoms with Crippen LogP contribution in [0.1, 0.15) is 27.0 Å². The van der Waals surface area contributed by atoms with E-state index in [2.05, 4.69) is 10.5 Å². The summed E-state index contributed by atoms with van der Waals surface area (Å²) in [6, 6.07) is 15.7. The van der Waals surface area contributed by atoms with Crippen LogP contribution in [0.15, 0.2) is 53.6 Å². The maximum absolute atomic E-state index is 12.1. The number of carbonyl (C=O) groups is 1. The van der Waals surface area contributed by atoms with Crippen LogP contribution < -0.4 is 10.3 Å². The number of benzene rings is 2. The third-order valence-corrected chi connectivity index (χ3v) is 4.33. The molecule has 0 spiro atoms. The van der Waals surface area contributed by atoms with Gasteiger partial charge < -0.3 is 9.64 Å². The van der Waals surface area contributed by atoms with Crippen LogP contribution in [0.4, 0.5) is 0 Å². The van der Waals surface area contributed by atoms with E-state index in [4.69, 9.17) is 4.74 Å². The third-order valence-electron chi connectivity index (χ3n) is 4.33. The molecule has 0 aromatic heterocycles. The predicted octanol–water partition coefficient (Wildman–Crippen LogP) is 1.17. The molecule has 1 fully saturated rings. The Hall–Kier alpha value is -2.50. The van der Waals surface area contributed by atoms with Crippen LogP contribution in [0.2, 0.25) is 0 Å². The van der Waals surface area contributed by atoms with Gasteiger partial charge in [0.05, 0.1) is 19.4 Å². The summed E-state index contributed by atoms with van der Waals surface area (Å²) in [6.45, 7) is 6.74. The number of quaternary nitrogens is 1. The molecule has 25 heavy (non-hydrogen) atoms. The molecule has 3 rings (SSSR count). The van der Waals surface area contributed by atoms with Gasteiger partial charge in [-0.2, -0.15) is 5.10 Å². The van der Waals surface area contributed by atoms with Gasteiger partial charge in [0.2, 0.25) is 0 Å². The van der Waals surface area contributed by atoms with E-state index in [-0.39, 0.29) is 5.91 Å². The summed E-state index contributed by atoms with van der Waals surface area (Å²) < 4.78 is 5.38. The lowest BCUT2D eigenvalue weighted by molar-refractivity contribution is -0.921. The van der Waals surface area contributed by atoms with Gasteiger partial charge in [-0.3, -0.25) is 4.79 Å². The van der Waals surface area contributed by atoms with E-state index in [1.807, 2.05) is 55.5 Å². The van der Waals surface area contributed by atoms with Gasteiger partial charge >= 0.3 is 0 Å². The van der Waals surface area contributed by atoms with Crippen LogP contribution in [0.5, 0.6) is 0 Å². The standard InChI is InChI=1S/C20H23N3O2/c1-16-2-4-17(5-3-16)14-21-22-20(24)19-8-6-18(7-9-19)15-23-10-12-25-13-11-23/h2-9,14H,10-13,15H2,1H3,(H,22,24)/p+1. The van der Waals surface area contributed by atoms with E-state index < -0.39 is 0 Å². The fourth-order valence-electron chi connectivity index (χ4n) is 2.78. The van der Waals surface area contributed by atoms with Crippen molar-refractivity contribution < 1.29 is 14.4 Å². The molecule has 2 aromatic carbocycles. The highest BCUT2D eigenvalue weighted by Gasteiger charge is 2.14. The SMILES string of the molecule is Cc1ccc(C=NNC(=O)c2ccc(C[NH+]3CCOCC3)cc2)cc1. The summed E-state index contributed by atoms with van der Waals surface area (Å²) >= 11 is 0. The van der Waals surface area contributed by atoms with E-state index in [0.29, 0.717) is 5.56 Å². The number of carbonyl (C=O) groups excluding carboxylic acids is 1. The van der Waals surface area contributed by atoms with Gasteiger partial charge in [0, 0.05) is 11.1 Å². The van der Waals surface area contributed by atoms with Crippen LogP contribution >= 0.6 is 0 Å². The summed E-state index contributed by atoms with van der Waals surface area (Å²) in [7, 11) is 0. The highest BCUT2D eigenvalue weighted by molar-refractivity contribution is 5.94. The van der Waals surface area contributed by atoms with Crippen molar-refractivity contribution in [3.63, 3.8) is 0 Å². The number of hydrogen-bond acceptors (Lipinski definition) is 3. The molecule has 0 radical (unpaired) electrons. The second-order valence-electron chi connectivity index (χ2n) is 6.35. The Bertz CT molecular complexity index is 718. The lowest BCUT2D eigenvalue weighted by Gasteiger charge is -2.23. The first-order chi connectivity index (χ1) is 12.2. The lowest BCUT2D eigenvalue weighted by Crippen LogP contribution is -3.12. The first-order valence-electron chi connectivity index (χ1n) is 8.61. The highest BCUT2D eigenvalue weighted by Crippen LogP contribution is 2.04. The molecule has 0 aliphatic carbocycles. The Labute approximate surface area is 148 Å². The molecule has 2 aromatic rings. The topological polar surface area (TPSA) is 55.1 Å². The maximum Gasteiger partial charge on any atom is 0.271 e. The van der Waals surface area contributed by atoms with Gasteiger partial charge in [0.15, 0.2) is 0 Å². The average Bonchev–Trinajstić information content (AvgIpc) is 2.65. The number of amides is 1. The minimum Gasteiger partial charge on any atom is -0.370 e. The summed E-state index contributed by atoms with van der Waals surface area (Å²) in [5.41, 5.74) is 6.57. The van der Waals surface area contributed by atoms with Crippen molar-refractivity contribution in [1.82, 2.24) is 5.43 Å². The Morgan fingerprint density at radius 2 is 1.80 bits per heavy atom. The summed E-state index contributed by atoms with van der Waals surface area (Å²) in [4.78, 5) is 13.7. The van der Waals surface area contributed by atoms with Crippen molar-refractivity contribution in [2.24, 2.45) is 5.10 Å². The van der Waals surface area contributed by atoms with Crippen molar-refractivity contribution in [2.75, 3.05) is 26.3 Å². The molecule has 1 heterocycles. The van der Waals surface area contributed by atoms with Crippen molar-refractivity contribution in [3.05, 3.63) is 70.8 Å². The molecule has 1 amide bonds. The van der Waals surface area contributed by atoms with Gasteiger partial charge in [-0.25, -0.2) is 5.43 Å². The summed E-state index contributed by atoms with van der Waals surface area (Å²) in [5.74, 6) is -0.200. The fraction of sp³-hybridized carbons (Fsp3) is 0.300. The number of nitrogens with one attached hydrogen (secondary N) is 2. The summed E-state index contributed by atoms with van der Waals surface area (Å²) in [5, 5.41) is 4.02. The van der Waals surface area contributed by atoms with Crippen molar-refractivity contribution in [1.29, 1.82) is 0 Å². The molecule has 0 bridgehead atoms. The zero-order valence-corrected chi connectivity index (χ0v) is 14.5. The molecule has 1 aliphatic heterocycles. The minimum atomic E-state index is -0.200. The number of ether oxygens (including phenoxy) is 1. The first-order valence-corrected chi connectivity index (χ1v) is 8.61. The van der Waals surface area contributed by atoms with E-state index in [1.165, 1.54) is 16.0 Å². The number of rotatable bonds is 5. The molecule has 5 nitrogen and oxygen atoms in total. The zero-order valence-electron chi connectivity index (χ0n) is 14.5. The Kier molecular flexibility index (Phi) is 5.93. The molecule has 0 atom stereocenters. The van der Waals surface area contributed by atoms with Crippen molar-refractivity contribution in [2.45, 2.75) is 13.5 Å². The van der Waals surface area contributed by atoms with E-state index >= 15 is 0 Å². The number of morpholine rings is 1. The second-order valence-corrected chi connectivity index (χ2v) is 6.35. The van der Waals surface area contributed by atoms with Gasteiger partial charge in [-0.05, 0) is 24.6 Å². The van der Waals surface area contributed by atoms with Crippen LogP contribution in [0, 0.1) is 6.92 Å². The van der Waals surface area contributed by atoms with E-state index in [1.54, 1.807) is 6.21 Å². The van der Waals surface area contributed by atoms with Gasteiger partial charge in [-0.1, -0.05) is 42.0 Å². The molecule has 5 heteroatoms. The molecule has 2 N–H and O–H groups in total. The number of hydrogen-bond donors (Lipinski definition) is 2. The van der Waals surface area contributed by atoms with Gasteiger partial charge in [0.25, 0.3) is 5.91 Å². The number of aryl methyl sites for hydroxylation is 1. The predicted molar refractivity (Wildman–Crippen MR) is 97.9 cm³/mol. The van der Waals surface area contributed by atoms with Gasteiger partial charge in [-0.15, -0.1) is 0 Å². The van der Waals surface area contributed by atoms with Crippen LogP contribution in [-0.2, 0) is 11.3 Å². The maximum atomic E-state index is 12.1. The normalized spacial score (nSPS) is 15.4. The Balaban J connectivity index is 1.52. The first kappa shape index (κ1) is 17.3. The molecular weight excluding hydrogens is 314 g/mol. The Morgan fingerprint density at radius 1 is 1.12 bits per heavy atom. The number of hydrazone groups is 1. The zero-order chi connectivity index (χ0) is 17.5. The average molecular weight is 338 g/mol. The minimum absolute atomic E-state index is 0.200. The van der Waals surface area contributed by atoms with E-state index in [0.717, 1.165) is 38.4 Å². The largest absolute Gasteiger partial charge is 0.370 e. The lowest BCUT2D eigenvalue weighted by atomic mass is 10.1. The monoisotopic (exact) mass is 338 g/mol. The molecule has 1 saturated heterocycles. The molecule has 130 valence electrons. The second kappa shape index (κ2) is 8.55. The smallest absolute Gasteiger partial charge is 0.271 e. The van der Waals surface area contributed by atoms with Crippen LogP contribution in [0.3, 0.4) is 0 Å². The molecular formula is C20H24N3O2+.